The van der Waals surface area contributed by atoms with Crippen LogP contribution in [0.25, 0.3) is 0 Å². The molecule has 1 fully saturated rings. The summed E-state index contributed by atoms with van der Waals surface area (Å²) < 4.78 is 0.573. The molecule has 7 heteroatoms. The molecule has 1 N–H and O–H groups in total. The van der Waals surface area contributed by atoms with Crippen LogP contribution in [0, 0.1) is 0 Å². The smallest absolute Gasteiger partial charge is 0.265 e. The van der Waals surface area contributed by atoms with Crippen molar-refractivity contribution in [3.63, 3.8) is 0 Å². The predicted octanol–water partition coefficient (Wildman–Crippen LogP) is 2.81. The van der Waals surface area contributed by atoms with Crippen molar-refractivity contribution < 1.29 is 9.90 Å². The molecule has 1 aromatic rings. The second kappa shape index (κ2) is 6.45. The number of para-hydroxylation sites is 1. The van der Waals surface area contributed by atoms with Crippen LogP contribution in [0.15, 0.2) is 51.2 Å². The van der Waals surface area contributed by atoms with Crippen LogP contribution in [0.1, 0.15) is 0 Å². The first-order valence-electron chi connectivity index (χ1n) is 6.69. The highest BCUT2D eigenvalue weighted by molar-refractivity contribution is 8.26. The molecule has 0 saturated carbocycles. The zero-order valence-corrected chi connectivity index (χ0v) is 14.3. The van der Waals surface area contributed by atoms with Gasteiger partial charge in [0, 0.05) is 18.5 Å². The van der Waals surface area contributed by atoms with Crippen LogP contribution in [-0.2, 0) is 4.79 Å². The van der Waals surface area contributed by atoms with E-state index in [1.807, 2.05) is 24.3 Å². The van der Waals surface area contributed by atoms with Gasteiger partial charge < -0.3 is 10.0 Å². The quantitative estimate of drug-likeness (QED) is 0.668. The molecule has 2 heterocycles. The van der Waals surface area contributed by atoms with E-state index in [1.165, 1.54) is 16.7 Å². The zero-order valence-electron chi connectivity index (χ0n) is 11.9. The highest BCUT2D eigenvalue weighted by Crippen LogP contribution is 2.45. The maximum atomic E-state index is 12.0. The standard InChI is InChI=1S/C15H14N2O2S3/c1-16-14(19)12(22-15(16)20)6-7-13-17(8-9-18)10-4-2-3-5-11(10)21-13/h2-7,18H,8-9H2,1H3/b12-6-,13-7+. The summed E-state index contributed by atoms with van der Waals surface area (Å²) in [6.45, 7) is 0.599. The molecule has 2 aliphatic rings. The number of thiocarbonyl (C=S) groups is 1. The minimum atomic E-state index is -0.0685. The van der Waals surface area contributed by atoms with Crippen molar-refractivity contribution in [3.8, 4) is 0 Å². The minimum absolute atomic E-state index is 0.0685. The summed E-state index contributed by atoms with van der Waals surface area (Å²) in [6, 6.07) is 8.06. The van der Waals surface area contributed by atoms with Gasteiger partial charge in [-0.3, -0.25) is 9.69 Å². The molecule has 0 atom stereocenters. The van der Waals surface area contributed by atoms with Crippen molar-refractivity contribution in [2.45, 2.75) is 4.90 Å². The van der Waals surface area contributed by atoms with E-state index in [9.17, 15) is 9.90 Å². The number of benzene rings is 1. The minimum Gasteiger partial charge on any atom is -0.395 e. The maximum Gasteiger partial charge on any atom is 0.265 e. The molecule has 0 aromatic heterocycles. The largest absolute Gasteiger partial charge is 0.395 e. The summed E-state index contributed by atoms with van der Waals surface area (Å²) in [5.41, 5.74) is 1.09. The Morgan fingerprint density at radius 3 is 2.73 bits per heavy atom. The van der Waals surface area contributed by atoms with Gasteiger partial charge in [0.1, 0.15) is 4.32 Å². The molecule has 22 heavy (non-hydrogen) atoms. The lowest BCUT2D eigenvalue weighted by Gasteiger charge is -2.18. The Morgan fingerprint density at radius 1 is 1.27 bits per heavy atom. The topological polar surface area (TPSA) is 43.8 Å². The number of hydrogen-bond donors (Lipinski definition) is 1. The number of carbonyl (C=O) groups is 1. The number of aliphatic hydroxyl groups excluding tert-OH is 1. The van der Waals surface area contributed by atoms with Crippen molar-refractivity contribution in [1.29, 1.82) is 0 Å². The van der Waals surface area contributed by atoms with E-state index in [-0.39, 0.29) is 12.5 Å². The van der Waals surface area contributed by atoms with E-state index in [0.717, 1.165) is 15.6 Å². The Hall–Kier alpha value is -1.28. The van der Waals surface area contributed by atoms with Crippen LogP contribution in [0.2, 0.25) is 0 Å². The van der Waals surface area contributed by atoms with Gasteiger partial charge >= 0.3 is 0 Å². The predicted molar refractivity (Wildman–Crippen MR) is 95.9 cm³/mol. The van der Waals surface area contributed by atoms with Crippen LogP contribution in [0.4, 0.5) is 5.69 Å². The molecular weight excluding hydrogens is 336 g/mol. The fourth-order valence-corrected chi connectivity index (χ4v) is 4.43. The van der Waals surface area contributed by atoms with E-state index in [4.69, 9.17) is 12.2 Å². The van der Waals surface area contributed by atoms with Gasteiger partial charge in [-0.25, -0.2) is 0 Å². The van der Waals surface area contributed by atoms with Crippen molar-refractivity contribution in [3.05, 3.63) is 46.4 Å². The third-order valence-corrected chi connectivity index (χ3v) is 5.96. The molecule has 0 unspecified atom stereocenters. The van der Waals surface area contributed by atoms with E-state index in [2.05, 4.69) is 11.0 Å². The second-order valence-corrected chi connectivity index (χ2v) is 7.45. The van der Waals surface area contributed by atoms with Gasteiger partial charge in [-0.05, 0) is 24.3 Å². The third-order valence-electron chi connectivity index (χ3n) is 3.32. The lowest BCUT2D eigenvalue weighted by atomic mass is 10.3. The molecule has 3 rings (SSSR count). The number of nitrogens with zero attached hydrogens (tertiary/aromatic N) is 2. The first-order valence-corrected chi connectivity index (χ1v) is 8.73. The summed E-state index contributed by atoms with van der Waals surface area (Å²) in [5.74, 6) is -0.0685. The van der Waals surface area contributed by atoms with Crippen molar-refractivity contribution in [1.82, 2.24) is 4.90 Å². The molecule has 1 saturated heterocycles. The number of hydrogen-bond acceptors (Lipinski definition) is 6. The summed E-state index contributed by atoms with van der Waals surface area (Å²) in [6.07, 6.45) is 3.73. The fourth-order valence-electron chi connectivity index (χ4n) is 2.21. The highest BCUT2D eigenvalue weighted by Gasteiger charge is 2.29. The fraction of sp³-hybridized carbons (Fsp3) is 0.200. The van der Waals surface area contributed by atoms with E-state index < -0.39 is 0 Å². The van der Waals surface area contributed by atoms with Gasteiger partial charge in [-0.15, -0.1) is 0 Å². The molecule has 2 aliphatic heterocycles. The summed E-state index contributed by atoms with van der Waals surface area (Å²) >= 11 is 8.07. The van der Waals surface area contributed by atoms with Crippen LogP contribution in [-0.4, -0.2) is 40.4 Å². The van der Waals surface area contributed by atoms with E-state index in [1.54, 1.807) is 24.9 Å². The zero-order chi connectivity index (χ0) is 15.7. The first-order chi connectivity index (χ1) is 10.6. The number of anilines is 1. The molecule has 1 amide bonds. The Bertz CT molecular complexity index is 700. The first kappa shape index (κ1) is 15.6. The van der Waals surface area contributed by atoms with Crippen LogP contribution in [0.5, 0.6) is 0 Å². The monoisotopic (exact) mass is 350 g/mol. The average molecular weight is 350 g/mol. The molecule has 0 radical (unpaired) electrons. The van der Waals surface area contributed by atoms with Crippen LogP contribution in [0.3, 0.4) is 0 Å². The Kier molecular flexibility index (Phi) is 4.58. The van der Waals surface area contributed by atoms with Gasteiger partial charge in [0.15, 0.2) is 0 Å². The van der Waals surface area contributed by atoms with Gasteiger partial charge in [-0.2, -0.15) is 0 Å². The second-order valence-electron chi connectivity index (χ2n) is 4.71. The molecule has 0 aliphatic carbocycles. The number of allylic oxidation sites excluding steroid dienone is 2. The normalized spacial score (nSPS) is 21.4. The maximum absolute atomic E-state index is 12.0. The summed E-state index contributed by atoms with van der Waals surface area (Å²) in [7, 11) is 1.68. The number of amides is 1. The van der Waals surface area contributed by atoms with Crippen LogP contribution < -0.4 is 4.90 Å². The van der Waals surface area contributed by atoms with Gasteiger partial charge in [0.05, 0.1) is 22.2 Å². The highest BCUT2D eigenvalue weighted by atomic mass is 32.2. The lowest BCUT2D eigenvalue weighted by Crippen LogP contribution is -2.22. The molecule has 1 aromatic carbocycles. The molecular formula is C15H14N2O2S3. The number of carbonyl (C=O) groups excluding carboxylic acids is 1. The van der Waals surface area contributed by atoms with Crippen molar-refractivity contribution in [2.24, 2.45) is 0 Å². The number of thioether (sulfide) groups is 2. The molecule has 4 nitrogen and oxygen atoms in total. The third kappa shape index (κ3) is 2.81. The number of rotatable bonds is 3. The average Bonchev–Trinajstić information content (AvgIpc) is 2.99. The van der Waals surface area contributed by atoms with Gasteiger partial charge in [0.2, 0.25) is 0 Å². The van der Waals surface area contributed by atoms with Gasteiger partial charge in [-0.1, -0.05) is 47.9 Å². The van der Waals surface area contributed by atoms with Crippen molar-refractivity contribution >= 4 is 51.7 Å². The lowest BCUT2D eigenvalue weighted by molar-refractivity contribution is -0.121. The van der Waals surface area contributed by atoms with E-state index in [0.29, 0.717) is 15.8 Å². The Morgan fingerprint density at radius 2 is 2.05 bits per heavy atom. The SMILES string of the molecule is CN1C(=O)/C(=C/C=C2/Sc3ccccc3N2CCO)SC1=S. The summed E-state index contributed by atoms with van der Waals surface area (Å²) in [5, 5.41) is 10.3. The Labute approximate surface area is 142 Å². The molecule has 0 bridgehead atoms. The van der Waals surface area contributed by atoms with Gasteiger partial charge in [0.25, 0.3) is 5.91 Å². The number of aliphatic hydroxyl groups is 1. The molecule has 0 spiro atoms. The molecule has 114 valence electrons. The Balaban J connectivity index is 1.89. The summed E-state index contributed by atoms with van der Waals surface area (Å²) in [4.78, 5) is 17.3. The number of fused-ring (bicyclic) bond motifs is 1. The van der Waals surface area contributed by atoms with E-state index >= 15 is 0 Å². The number of likely N-dealkylation sites (N-methyl/N-ethyl adjacent to an activating group) is 1. The van der Waals surface area contributed by atoms with Crippen molar-refractivity contribution in [2.75, 3.05) is 25.1 Å². The number of β-amino-alcohol motifs (C(OH)–C–C–N with tert-alkyl or cyclic N) is 1. The van der Waals surface area contributed by atoms with Crippen LogP contribution >= 0.6 is 35.7 Å².